The number of alkyl halides is 3. The summed E-state index contributed by atoms with van der Waals surface area (Å²) in [5, 5.41) is 17.8. The lowest BCUT2D eigenvalue weighted by molar-refractivity contribution is -0.276. The van der Waals surface area contributed by atoms with Gasteiger partial charge < -0.3 is 15.6 Å². The Bertz CT molecular complexity index is 454. The molecule has 3 N–H and O–H groups in total. The van der Waals surface area contributed by atoms with E-state index < -0.39 is 18.0 Å². The molecule has 0 fully saturated rings. The molecule has 0 radical (unpaired) electrons. The highest BCUT2D eigenvalue weighted by Gasteiger charge is 2.33. The topological polar surface area (TPSA) is 92.2 Å². The van der Waals surface area contributed by atoms with E-state index >= 15 is 0 Å². The molecule has 17 heavy (non-hydrogen) atoms. The molecular weight excluding hydrogens is 239 g/mol. The summed E-state index contributed by atoms with van der Waals surface area (Å²) in [6.07, 6.45) is -5.18. The van der Waals surface area contributed by atoms with Crippen molar-refractivity contribution in [3.8, 4) is 17.7 Å². The van der Waals surface area contributed by atoms with Crippen LogP contribution in [0.4, 0.5) is 13.2 Å². The van der Waals surface area contributed by atoms with Gasteiger partial charge in [0, 0.05) is 12.1 Å². The molecule has 8 heteroatoms. The predicted octanol–water partition coefficient (Wildman–Crippen LogP) is 1.21. The summed E-state index contributed by atoms with van der Waals surface area (Å²) in [4.78, 5) is 3.39. The second kappa shape index (κ2) is 4.88. The second-order valence-corrected chi connectivity index (χ2v) is 3.01. The first-order valence-electron chi connectivity index (χ1n) is 4.42. The molecule has 92 valence electrons. The van der Waals surface area contributed by atoms with Crippen molar-refractivity contribution in [3.05, 3.63) is 17.3 Å². The first-order valence-corrected chi connectivity index (χ1v) is 4.42. The number of halogens is 3. The van der Waals surface area contributed by atoms with Crippen molar-refractivity contribution in [2.24, 2.45) is 5.73 Å². The highest BCUT2D eigenvalue weighted by molar-refractivity contribution is 5.42. The number of pyridine rings is 1. The van der Waals surface area contributed by atoms with Gasteiger partial charge in [0.1, 0.15) is 0 Å². The Morgan fingerprint density at radius 1 is 1.53 bits per heavy atom. The minimum absolute atomic E-state index is 0.0319. The van der Waals surface area contributed by atoms with E-state index in [9.17, 15) is 18.3 Å². The summed E-state index contributed by atoms with van der Waals surface area (Å²) < 4.78 is 39.6. The van der Waals surface area contributed by atoms with Crippen LogP contribution in [-0.4, -0.2) is 16.5 Å². The summed E-state index contributed by atoms with van der Waals surface area (Å²) in [5.41, 5.74) is 5.32. The first kappa shape index (κ1) is 13.1. The molecule has 0 atom stereocenters. The summed E-state index contributed by atoms with van der Waals surface area (Å²) in [5.74, 6) is -1.77. The Labute approximate surface area is 94.2 Å². The molecule has 0 aliphatic rings. The average Bonchev–Trinajstić information content (AvgIpc) is 2.21. The van der Waals surface area contributed by atoms with Gasteiger partial charge in [0.05, 0.1) is 18.2 Å². The minimum Gasteiger partial charge on any atom is -0.503 e. The van der Waals surface area contributed by atoms with Crippen LogP contribution < -0.4 is 10.5 Å². The Hall–Kier alpha value is -2.01. The van der Waals surface area contributed by atoms with E-state index in [1.807, 2.05) is 0 Å². The molecule has 0 saturated carbocycles. The molecule has 0 amide bonds. The van der Waals surface area contributed by atoms with Crippen molar-refractivity contribution in [1.29, 1.82) is 5.26 Å². The number of aromatic hydroxyl groups is 1. The molecule has 0 bridgehead atoms. The zero-order chi connectivity index (χ0) is 13.1. The molecule has 5 nitrogen and oxygen atoms in total. The largest absolute Gasteiger partial charge is 0.574 e. The highest BCUT2D eigenvalue weighted by Crippen LogP contribution is 2.32. The van der Waals surface area contributed by atoms with Crippen molar-refractivity contribution < 1.29 is 23.0 Å². The van der Waals surface area contributed by atoms with Crippen LogP contribution in [0, 0.1) is 11.3 Å². The third kappa shape index (κ3) is 3.49. The molecule has 1 rings (SSSR count). The highest BCUT2D eigenvalue weighted by atomic mass is 19.4. The standard InChI is InChI=1S/C9H8F3N3O2/c10-9(11,12)17-8-7(16)5(4-14)3-6(15-8)1-2-13/h3,16H,1,4,14H2. The van der Waals surface area contributed by atoms with Gasteiger partial charge in [0.2, 0.25) is 0 Å². The monoisotopic (exact) mass is 247 g/mol. The molecule has 0 aliphatic carbocycles. The predicted molar refractivity (Wildman–Crippen MR) is 49.8 cm³/mol. The zero-order valence-corrected chi connectivity index (χ0v) is 8.45. The van der Waals surface area contributed by atoms with Gasteiger partial charge in [-0.05, 0) is 6.07 Å². The van der Waals surface area contributed by atoms with E-state index in [-0.39, 0.29) is 24.2 Å². The Balaban J connectivity index is 3.19. The maximum atomic E-state index is 12.0. The maximum Gasteiger partial charge on any atom is 0.574 e. The van der Waals surface area contributed by atoms with E-state index in [0.717, 1.165) is 0 Å². The third-order valence-electron chi connectivity index (χ3n) is 1.79. The van der Waals surface area contributed by atoms with Gasteiger partial charge in [-0.1, -0.05) is 0 Å². The number of nitriles is 1. The lowest BCUT2D eigenvalue weighted by Crippen LogP contribution is -2.19. The Kier molecular flexibility index (Phi) is 3.75. The number of nitrogens with two attached hydrogens (primary N) is 1. The van der Waals surface area contributed by atoms with Crippen molar-refractivity contribution in [2.45, 2.75) is 19.3 Å². The first-order chi connectivity index (χ1) is 7.87. The average molecular weight is 247 g/mol. The van der Waals surface area contributed by atoms with Crippen molar-refractivity contribution in [2.75, 3.05) is 0 Å². The van der Waals surface area contributed by atoms with Crippen LogP contribution in [0.5, 0.6) is 11.6 Å². The lowest BCUT2D eigenvalue weighted by atomic mass is 10.2. The summed E-state index contributed by atoms with van der Waals surface area (Å²) in [6, 6.07) is 2.97. The zero-order valence-electron chi connectivity index (χ0n) is 8.45. The number of hydrogen-bond donors (Lipinski definition) is 2. The van der Waals surface area contributed by atoms with Gasteiger partial charge >= 0.3 is 6.36 Å². The molecular formula is C9H8F3N3O2. The van der Waals surface area contributed by atoms with Gasteiger partial charge in [-0.2, -0.15) is 5.26 Å². The summed E-state index contributed by atoms with van der Waals surface area (Å²) in [6.45, 7) is -0.193. The molecule has 1 aromatic heterocycles. The second-order valence-electron chi connectivity index (χ2n) is 3.01. The van der Waals surface area contributed by atoms with Crippen LogP contribution in [0.15, 0.2) is 6.07 Å². The number of rotatable bonds is 3. The van der Waals surface area contributed by atoms with E-state index in [0.29, 0.717) is 0 Å². The van der Waals surface area contributed by atoms with Gasteiger partial charge in [-0.25, -0.2) is 4.98 Å². The number of nitrogens with zero attached hydrogens (tertiary/aromatic N) is 2. The van der Waals surface area contributed by atoms with E-state index in [4.69, 9.17) is 11.0 Å². The van der Waals surface area contributed by atoms with Crippen LogP contribution in [-0.2, 0) is 13.0 Å². The van der Waals surface area contributed by atoms with Crippen molar-refractivity contribution >= 4 is 0 Å². The maximum absolute atomic E-state index is 12.0. The quantitative estimate of drug-likeness (QED) is 0.837. The molecule has 1 aromatic rings. The van der Waals surface area contributed by atoms with Crippen LogP contribution in [0.1, 0.15) is 11.3 Å². The van der Waals surface area contributed by atoms with Gasteiger partial charge in [0.15, 0.2) is 5.75 Å². The van der Waals surface area contributed by atoms with Gasteiger partial charge in [0.25, 0.3) is 5.88 Å². The third-order valence-corrected chi connectivity index (χ3v) is 1.79. The smallest absolute Gasteiger partial charge is 0.503 e. The number of aromatic nitrogens is 1. The summed E-state index contributed by atoms with van der Waals surface area (Å²) >= 11 is 0. The summed E-state index contributed by atoms with van der Waals surface area (Å²) in [7, 11) is 0. The molecule has 0 aliphatic heterocycles. The van der Waals surface area contributed by atoms with Crippen LogP contribution in [0.3, 0.4) is 0 Å². The van der Waals surface area contributed by atoms with E-state index in [1.165, 1.54) is 6.07 Å². The molecule has 1 heterocycles. The Morgan fingerprint density at radius 3 is 2.65 bits per heavy atom. The lowest BCUT2D eigenvalue weighted by Gasteiger charge is -2.12. The molecule has 0 saturated heterocycles. The van der Waals surface area contributed by atoms with Crippen LogP contribution in [0.2, 0.25) is 0 Å². The van der Waals surface area contributed by atoms with E-state index in [1.54, 1.807) is 6.07 Å². The SMILES string of the molecule is N#CCc1cc(CN)c(O)c(OC(F)(F)F)n1. The number of hydrogen-bond acceptors (Lipinski definition) is 5. The van der Waals surface area contributed by atoms with Gasteiger partial charge in [-0.3, -0.25) is 0 Å². The fourth-order valence-corrected chi connectivity index (χ4v) is 1.13. The Morgan fingerprint density at radius 2 is 2.18 bits per heavy atom. The number of ether oxygens (including phenoxy) is 1. The molecule has 0 aromatic carbocycles. The van der Waals surface area contributed by atoms with E-state index in [2.05, 4.69) is 9.72 Å². The van der Waals surface area contributed by atoms with Crippen LogP contribution in [0.25, 0.3) is 0 Å². The normalized spacial score (nSPS) is 11.0. The molecule has 0 spiro atoms. The fourth-order valence-electron chi connectivity index (χ4n) is 1.13. The van der Waals surface area contributed by atoms with Crippen LogP contribution >= 0.6 is 0 Å². The fraction of sp³-hybridized carbons (Fsp3) is 0.333. The van der Waals surface area contributed by atoms with Crippen molar-refractivity contribution in [3.63, 3.8) is 0 Å². The molecule has 0 unspecified atom stereocenters. The van der Waals surface area contributed by atoms with Crippen molar-refractivity contribution in [1.82, 2.24) is 4.98 Å². The van der Waals surface area contributed by atoms with Gasteiger partial charge in [-0.15, -0.1) is 13.2 Å². The minimum atomic E-state index is -4.97.